The van der Waals surface area contributed by atoms with Gasteiger partial charge in [0.25, 0.3) is 0 Å². The molecule has 0 aromatic rings. The van der Waals surface area contributed by atoms with Crippen molar-refractivity contribution in [3.05, 3.63) is 12.2 Å². The lowest BCUT2D eigenvalue weighted by Gasteiger charge is -2.73. The van der Waals surface area contributed by atoms with E-state index in [0.29, 0.717) is 49.0 Å². The number of aliphatic hydroxyl groups is 1. The van der Waals surface area contributed by atoms with E-state index in [2.05, 4.69) is 48.1 Å². The average Bonchev–Trinajstić information content (AvgIpc) is 3.31. The Morgan fingerprint density at radius 3 is 2.21 bits per heavy atom. The second kappa shape index (κ2) is 10.9. The molecule has 5 fully saturated rings. The summed E-state index contributed by atoms with van der Waals surface area (Å²) in [5.41, 5.74) is 1.24. The van der Waals surface area contributed by atoms with Crippen LogP contribution >= 0.6 is 0 Å². The SMILES string of the molecule is C=C(C)C1CC[C@]2(CO)CC[C@]3(C)[C@H](CCC4[C@@]5(C)CC[C@H](OC(=O)CCCC(C)(C)C(=O)O)C(C)(C)[C@@H]5CC[C@]43C)C12. The number of allylic oxidation sites excluding steroid dienone is 1. The lowest BCUT2D eigenvalue weighted by Crippen LogP contribution is -2.67. The molecule has 5 heteroatoms. The molecular weight excluding hydrogens is 536 g/mol. The largest absolute Gasteiger partial charge is 0.481 e. The number of carboxylic acids is 1. The van der Waals surface area contributed by atoms with E-state index < -0.39 is 11.4 Å². The van der Waals surface area contributed by atoms with Crippen molar-refractivity contribution in [2.75, 3.05) is 6.61 Å². The van der Waals surface area contributed by atoms with E-state index in [1.54, 1.807) is 13.8 Å². The molecule has 0 radical (unpaired) electrons. The van der Waals surface area contributed by atoms with Crippen LogP contribution in [0, 0.1) is 62.1 Å². The summed E-state index contributed by atoms with van der Waals surface area (Å²) in [6, 6.07) is 0. The fourth-order valence-electron chi connectivity index (χ4n) is 12.7. The number of carbonyl (C=O) groups excluding carboxylic acids is 1. The van der Waals surface area contributed by atoms with E-state index in [1.165, 1.54) is 44.1 Å². The van der Waals surface area contributed by atoms with Crippen molar-refractivity contribution < 1.29 is 24.5 Å². The Morgan fingerprint density at radius 1 is 0.884 bits per heavy atom. The van der Waals surface area contributed by atoms with Gasteiger partial charge in [0, 0.05) is 18.4 Å². The van der Waals surface area contributed by atoms with Gasteiger partial charge in [0.2, 0.25) is 0 Å². The van der Waals surface area contributed by atoms with Gasteiger partial charge in [-0.3, -0.25) is 9.59 Å². The standard InChI is InChI=1S/C38H62O5/c1-24(2)25-14-20-38(23-39)22-21-36(8)26(31(25)38)12-13-28-35(7)18-16-29(34(5,6)27(35)15-19-37(28,36)9)43-30(40)11-10-17-33(3,4)32(41)42/h25-29,31,39H,1,10-23H2,2-9H3,(H,41,42)/t25?,26-,27+,28?,29+,31?,35+,36-,37-,38-/m1/s1. The van der Waals surface area contributed by atoms with Gasteiger partial charge in [-0.25, -0.2) is 0 Å². The highest BCUT2D eigenvalue weighted by atomic mass is 16.5. The predicted octanol–water partition coefficient (Wildman–Crippen LogP) is 8.83. The number of esters is 1. The third-order valence-corrected chi connectivity index (χ3v) is 15.5. The van der Waals surface area contributed by atoms with Crippen LogP contribution in [0.3, 0.4) is 0 Å². The molecule has 5 rings (SSSR count). The highest BCUT2D eigenvalue weighted by Crippen LogP contribution is 2.77. The first kappa shape index (κ1) is 33.0. The maximum atomic E-state index is 13.0. The van der Waals surface area contributed by atoms with Crippen molar-refractivity contribution >= 4 is 11.9 Å². The number of carboxylic acid groups (broad SMARTS) is 1. The number of hydrogen-bond acceptors (Lipinski definition) is 4. The molecule has 10 atom stereocenters. The van der Waals surface area contributed by atoms with Gasteiger partial charge in [0.15, 0.2) is 0 Å². The Labute approximate surface area is 262 Å². The second-order valence-electron chi connectivity index (χ2n) is 18.1. The van der Waals surface area contributed by atoms with Gasteiger partial charge in [-0.2, -0.15) is 0 Å². The first-order chi connectivity index (χ1) is 19.9. The van der Waals surface area contributed by atoms with E-state index in [9.17, 15) is 19.8 Å². The molecule has 244 valence electrons. The minimum Gasteiger partial charge on any atom is -0.481 e. The molecule has 0 aromatic carbocycles. The van der Waals surface area contributed by atoms with Crippen molar-refractivity contribution in [3.63, 3.8) is 0 Å². The summed E-state index contributed by atoms with van der Waals surface area (Å²) in [5, 5.41) is 20.2. The quantitative estimate of drug-likeness (QED) is 0.215. The summed E-state index contributed by atoms with van der Waals surface area (Å²) < 4.78 is 6.23. The van der Waals surface area contributed by atoms with Crippen LogP contribution in [0.5, 0.6) is 0 Å². The maximum absolute atomic E-state index is 13.0. The Bertz CT molecular complexity index is 1120. The third kappa shape index (κ3) is 4.87. The maximum Gasteiger partial charge on any atom is 0.309 e. The van der Waals surface area contributed by atoms with Gasteiger partial charge >= 0.3 is 11.9 Å². The van der Waals surface area contributed by atoms with Crippen LogP contribution in [0.2, 0.25) is 0 Å². The van der Waals surface area contributed by atoms with Gasteiger partial charge < -0.3 is 14.9 Å². The van der Waals surface area contributed by atoms with Gasteiger partial charge in [-0.15, -0.1) is 0 Å². The molecule has 5 saturated carbocycles. The molecule has 0 saturated heterocycles. The number of rotatable bonds is 8. The lowest BCUT2D eigenvalue weighted by atomic mass is 9.32. The predicted molar refractivity (Wildman–Crippen MR) is 171 cm³/mol. The van der Waals surface area contributed by atoms with E-state index in [-0.39, 0.29) is 45.6 Å². The molecular formula is C38H62O5. The average molecular weight is 599 g/mol. The molecule has 0 aromatic heterocycles. The van der Waals surface area contributed by atoms with E-state index in [0.717, 1.165) is 25.7 Å². The normalized spacial score (nSPS) is 45.2. The number of aliphatic carboxylic acids is 1. The Morgan fingerprint density at radius 2 is 1.58 bits per heavy atom. The first-order valence-electron chi connectivity index (χ1n) is 17.6. The van der Waals surface area contributed by atoms with Gasteiger partial charge in [-0.05, 0) is 149 Å². The summed E-state index contributed by atoms with van der Waals surface area (Å²) in [6.45, 7) is 23.0. The summed E-state index contributed by atoms with van der Waals surface area (Å²) in [6.07, 6.45) is 12.9. The summed E-state index contributed by atoms with van der Waals surface area (Å²) in [4.78, 5) is 24.5. The molecule has 3 unspecified atom stereocenters. The number of ether oxygens (including phenoxy) is 1. The lowest BCUT2D eigenvalue weighted by molar-refractivity contribution is -0.251. The zero-order valence-electron chi connectivity index (χ0n) is 28.7. The minimum absolute atomic E-state index is 0.0866. The molecule has 5 nitrogen and oxygen atoms in total. The van der Waals surface area contributed by atoms with Crippen molar-refractivity contribution in [1.82, 2.24) is 0 Å². The van der Waals surface area contributed by atoms with Crippen molar-refractivity contribution in [2.24, 2.45) is 62.1 Å². The third-order valence-electron chi connectivity index (χ3n) is 15.5. The van der Waals surface area contributed by atoms with Crippen LogP contribution in [0.4, 0.5) is 0 Å². The molecule has 0 heterocycles. The van der Waals surface area contributed by atoms with E-state index >= 15 is 0 Å². The number of hydrogen-bond donors (Lipinski definition) is 2. The second-order valence-corrected chi connectivity index (χ2v) is 18.1. The smallest absolute Gasteiger partial charge is 0.309 e. The minimum atomic E-state index is -0.822. The fourth-order valence-corrected chi connectivity index (χ4v) is 12.7. The number of fused-ring (bicyclic) bond motifs is 7. The molecule has 5 aliphatic carbocycles. The zero-order valence-corrected chi connectivity index (χ0v) is 28.7. The Hall–Kier alpha value is -1.36. The number of aliphatic hydroxyl groups excluding tert-OH is 1. The summed E-state index contributed by atoms with van der Waals surface area (Å²) >= 11 is 0. The molecule has 0 spiro atoms. The first-order valence-corrected chi connectivity index (χ1v) is 17.6. The van der Waals surface area contributed by atoms with Crippen molar-refractivity contribution in [2.45, 2.75) is 145 Å². The van der Waals surface area contributed by atoms with Crippen molar-refractivity contribution in [1.29, 1.82) is 0 Å². The van der Waals surface area contributed by atoms with Crippen LogP contribution < -0.4 is 0 Å². The monoisotopic (exact) mass is 598 g/mol. The molecule has 0 aliphatic heterocycles. The van der Waals surface area contributed by atoms with Crippen LogP contribution in [0.1, 0.15) is 139 Å². The van der Waals surface area contributed by atoms with Gasteiger partial charge in [0.05, 0.1) is 5.41 Å². The molecule has 0 amide bonds. The topological polar surface area (TPSA) is 83.8 Å². The van der Waals surface area contributed by atoms with Gasteiger partial charge in [0.1, 0.15) is 6.10 Å². The van der Waals surface area contributed by atoms with Crippen molar-refractivity contribution in [3.8, 4) is 0 Å². The van der Waals surface area contributed by atoms with Crippen LogP contribution in [0.15, 0.2) is 12.2 Å². The van der Waals surface area contributed by atoms with Crippen LogP contribution in [-0.2, 0) is 14.3 Å². The Kier molecular flexibility index (Phi) is 8.35. The number of carbonyl (C=O) groups is 2. The summed E-state index contributed by atoms with van der Waals surface area (Å²) in [7, 11) is 0. The Balaban J connectivity index is 1.34. The molecule has 0 bridgehead atoms. The molecule has 43 heavy (non-hydrogen) atoms. The van der Waals surface area contributed by atoms with E-state index in [1.807, 2.05) is 0 Å². The highest BCUT2D eigenvalue weighted by Gasteiger charge is 2.71. The molecule has 2 N–H and O–H groups in total. The fraction of sp³-hybridized carbons (Fsp3) is 0.895. The van der Waals surface area contributed by atoms with Crippen LogP contribution in [-0.4, -0.2) is 34.9 Å². The van der Waals surface area contributed by atoms with Gasteiger partial charge in [-0.1, -0.05) is 46.8 Å². The highest BCUT2D eigenvalue weighted by molar-refractivity contribution is 5.74. The summed E-state index contributed by atoms with van der Waals surface area (Å²) in [5.74, 6) is 1.92. The van der Waals surface area contributed by atoms with E-state index in [4.69, 9.17) is 4.74 Å². The van der Waals surface area contributed by atoms with Crippen LogP contribution in [0.25, 0.3) is 0 Å². The molecule has 5 aliphatic rings. The zero-order chi connectivity index (χ0) is 31.8.